The van der Waals surface area contributed by atoms with E-state index in [4.69, 9.17) is 4.74 Å². The van der Waals surface area contributed by atoms with Gasteiger partial charge < -0.3 is 4.74 Å². The van der Waals surface area contributed by atoms with Crippen LogP contribution in [0.25, 0.3) is 0 Å². The van der Waals surface area contributed by atoms with Crippen LogP contribution in [-0.2, 0) is 0 Å². The summed E-state index contributed by atoms with van der Waals surface area (Å²) >= 11 is 3.12. The SMILES string of the molecule is O=Cc1c(F)cccc1Oc1cc(Br)cc([N+](=O)[O-])c1. The van der Waals surface area contributed by atoms with Gasteiger partial charge >= 0.3 is 0 Å². The van der Waals surface area contributed by atoms with Crippen LogP contribution < -0.4 is 4.74 Å². The van der Waals surface area contributed by atoms with Crippen molar-refractivity contribution in [1.82, 2.24) is 0 Å². The third kappa shape index (κ3) is 3.00. The Labute approximate surface area is 121 Å². The Morgan fingerprint density at radius 2 is 2.05 bits per heavy atom. The van der Waals surface area contributed by atoms with Crippen molar-refractivity contribution >= 4 is 27.9 Å². The van der Waals surface area contributed by atoms with Crippen LogP contribution in [-0.4, -0.2) is 11.2 Å². The third-order valence-corrected chi connectivity index (χ3v) is 2.88. The fourth-order valence-corrected chi connectivity index (χ4v) is 2.02. The predicted molar refractivity (Wildman–Crippen MR) is 72.7 cm³/mol. The lowest BCUT2D eigenvalue weighted by Crippen LogP contribution is -1.95. The van der Waals surface area contributed by atoms with Crippen LogP contribution in [0, 0.1) is 15.9 Å². The Kier molecular flexibility index (Phi) is 4.09. The first-order valence-electron chi connectivity index (χ1n) is 5.38. The molecule has 0 aromatic heterocycles. The summed E-state index contributed by atoms with van der Waals surface area (Å²) in [6.45, 7) is 0. The largest absolute Gasteiger partial charge is 0.456 e. The van der Waals surface area contributed by atoms with Crippen LogP contribution in [0.1, 0.15) is 10.4 Å². The van der Waals surface area contributed by atoms with Crippen molar-refractivity contribution in [3.05, 3.63) is 62.4 Å². The molecule has 0 spiro atoms. The van der Waals surface area contributed by atoms with Gasteiger partial charge in [-0.25, -0.2) is 4.39 Å². The van der Waals surface area contributed by atoms with Crippen LogP contribution in [0.3, 0.4) is 0 Å². The Balaban J connectivity index is 2.42. The summed E-state index contributed by atoms with van der Waals surface area (Å²) in [6, 6.07) is 7.87. The molecule has 0 heterocycles. The van der Waals surface area contributed by atoms with E-state index in [9.17, 15) is 19.3 Å². The Morgan fingerprint density at radius 1 is 1.30 bits per heavy atom. The van der Waals surface area contributed by atoms with Crippen LogP contribution in [0.2, 0.25) is 0 Å². The van der Waals surface area contributed by atoms with Crippen molar-refractivity contribution in [2.45, 2.75) is 0 Å². The lowest BCUT2D eigenvalue weighted by Gasteiger charge is -2.08. The minimum atomic E-state index is -0.720. The molecule has 2 aromatic rings. The molecular weight excluding hydrogens is 333 g/mol. The number of hydrogen-bond acceptors (Lipinski definition) is 4. The monoisotopic (exact) mass is 339 g/mol. The highest BCUT2D eigenvalue weighted by Crippen LogP contribution is 2.31. The van der Waals surface area contributed by atoms with Crippen molar-refractivity contribution in [2.24, 2.45) is 0 Å². The number of ether oxygens (including phenoxy) is 1. The van der Waals surface area contributed by atoms with Gasteiger partial charge in [0.25, 0.3) is 5.69 Å². The van der Waals surface area contributed by atoms with E-state index in [2.05, 4.69) is 15.9 Å². The summed E-state index contributed by atoms with van der Waals surface area (Å²) in [7, 11) is 0. The maximum atomic E-state index is 13.4. The number of nitro groups is 1. The van der Waals surface area contributed by atoms with Gasteiger partial charge in [-0.1, -0.05) is 22.0 Å². The summed E-state index contributed by atoms with van der Waals surface area (Å²) in [4.78, 5) is 21.0. The van der Waals surface area contributed by atoms with E-state index in [0.717, 1.165) is 6.07 Å². The van der Waals surface area contributed by atoms with Crippen molar-refractivity contribution < 1.29 is 18.8 Å². The summed E-state index contributed by atoms with van der Waals surface area (Å²) in [5, 5.41) is 10.7. The standard InChI is InChI=1S/C13H7BrFNO4/c14-8-4-9(16(18)19)6-10(5-8)20-13-3-1-2-12(15)11(13)7-17/h1-7H. The second-order valence-corrected chi connectivity index (χ2v) is 4.69. The predicted octanol–water partition coefficient (Wildman–Crippen LogP) is 4.10. The zero-order chi connectivity index (χ0) is 14.7. The molecule has 0 N–H and O–H groups in total. The Morgan fingerprint density at radius 3 is 2.70 bits per heavy atom. The number of rotatable bonds is 4. The van der Waals surface area contributed by atoms with Gasteiger partial charge in [-0.2, -0.15) is 0 Å². The zero-order valence-corrected chi connectivity index (χ0v) is 11.5. The molecule has 0 bridgehead atoms. The zero-order valence-electron chi connectivity index (χ0n) is 9.88. The van der Waals surface area contributed by atoms with E-state index in [1.165, 1.54) is 30.3 Å². The number of nitrogens with zero attached hydrogens (tertiary/aromatic N) is 1. The lowest BCUT2D eigenvalue weighted by molar-refractivity contribution is -0.385. The van der Waals surface area contributed by atoms with Crippen molar-refractivity contribution in [1.29, 1.82) is 0 Å². The molecule has 0 aliphatic heterocycles. The van der Waals surface area contributed by atoms with Gasteiger partial charge in [0.1, 0.15) is 17.3 Å². The maximum Gasteiger partial charge on any atom is 0.274 e. The Hall–Kier alpha value is -2.28. The molecule has 0 radical (unpaired) electrons. The summed E-state index contributed by atoms with van der Waals surface area (Å²) < 4.78 is 19.2. The van der Waals surface area contributed by atoms with E-state index < -0.39 is 10.7 Å². The van der Waals surface area contributed by atoms with Crippen LogP contribution in [0.4, 0.5) is 10.1 Å². The fraction of sp³-hybridized carbons (Fsp3) is 0. The van der Waals surface area contributed by atoms with E-state index in [1.54, 1.807) is 0 Å². The lowest BCUT2D eigenvalue weighted by atomic mass is 10.2. The van der Waals surface area contributed by atoms with Gasteiger partial charge in [0.05, 0.1) is 16.6 Å². The molecule has 7 heteroatoms. The number of benzene rings is 2. The number of halogens is 2. The highest BCUT2D eigenvalue weighted by atomic mass is 79.9. The first kappa shape index (κ1) is 14.1. The van der Waals surface area contributed by atoms with Gasteiger partial charge in [-0.3, -0.25) is 14.9 Å². The molecule has 102 valence electrons. The summed E-state index contributed by atoms with van der Waals surface area (Å²) in [5.41, 5.74) is -0.423. The van der Waals surface area contributed by atoms with Gasteiger partial charge in [0.2, 0.25) is 0 Å². The highest BCUT2D eigenvalue weighted by Gasteiger charge is 2.13. The normalized spacial score (nSPS) is 10.1. The third-order valence-electron chi connectivity index (χ3n) is 2.43. The van der Waals surface area contributed by atoms with Crippen LogP contribution in [0.5, 0.6) is 11.5 Å². The van der Waals surface area contributed by atoms with Gasteiger partial charge in [-0.05, 0) is 18.2 Å². The molecule has 0 saturated heterocycles. The topological polar surface area (TPSA) is 69.4 Å². The summed E-state index contributed by atoms with van der Waals surface area (Å²) in [6.07, 6.45) is 0.330. The fourth-order valence-electron chi connectivity index (χ4n) is 1.56. The van der Waals surface area contributed by atoms with Gasteiger partial charge in [0.15, 0.2) is 6.29 Å². The second-order valence-electron chi connectivity index (χ2n) is 3.77. The molecule has 5 nitrogen and oxygen atoms in total. The average molecular weight is 340 g/mol. The van der Waals surface area contributed by atoms with Crippen molar-refractivity contribution in [3.63, 3.8) is 0 Å². The average Bonchev–Trinajstić information content (AvgIpc) is 2.38. The van der Waals surface area contributed by atoms with Crippen LogP contribution in [0.15, 0.2) is 40.9 Å². The Bertz CT molecular complexity index is 690. The quantitative estimate of drug-likeness (QED) is 0.477. The molecule has 20 heavy (non-hydrogen) atoms. The number of aldehydes is 1. The molecule has 2 aromatic carbocycles. The molecule has 0 aliphatic carbocycles. The van der Waals surface area contributed by atoms with Crippen molar-refractivity contribution in [2.75, 3.05) is 0 Å². The molecule has 0 fully saturated rings. The molecule has 0 unspecified atom stereocenters. The number of nitro benzene ring substituents is 1. The first-order valence-corrected chi connectivity index (χ1v) is 6.17. The second kappa shape index (κ2) is 5.79. The highest BCUT2D eigenvalue weighted by molar-refractivity contribution is 9.10. The van der Waals surface area contributed by atoms with E-state index in [1.807, 2.05) is 0 Å². The van der Waals surface area contributed by atoms with Gasteiger partial charge in [0, 0.05) is 10.5 Å². The van der Waals surface area contributed by atoms with Gasteiger partial charge in [-0.15, -0.1) is 0 Å². The minimum absolute atomic E-state index is 0.00704. The van der Waals surface area contributed by atoms with E-state index in [0.29, 0.717) is 10.8 Å². The van der Waals surface area contributed by atoms with E-state index in [-0.39, 0.29) is 22.7 Å². The summed E-state index contributed by atoms with van der Waals surface area (Å²) in [5.74, 6) is -0.603. The molecule has 0 amide bonds. The molecule has 0 saturated carbocycles. The number of carbonyl (C=O) groups excluding carboxylic acids is 1. The first-order chi connectivity index (χ1) is 9.51. The molecular formula is C13H7BrFNO4. The van der Waals surface area contributed by atoms with E-state index >= 15 is 0 Å². The minimum Gasteiger partial charge on any atom is -0.456 e. The maximum absolute atomic E-state index is 13.4. The van der Waals surface area contributed by atoms with Crippen LogP contribution >= 0.6 is 15.9 Å². The number of hydrogen-bond donors (Lipinski definition) is 0. The molecule has 0 atom stereocenters. The van der Waals surface area contributed by atoms with Crippen molar-refractivity contribution in [3.8, 4) is 11.5 Å². The smallest absolute Gasteiger partial charge is 0.274 e. The molecule has 2 rings (SSSR count). The number of carbonyl (C=O) groups is 1. The number of non-ortho nitro benzene ring substituents is 1. The molecule has 0 aliphatic rings.